The fraction of sp³-hybridized carbons (Fsp3) is 0.368. The lowest BCUT2D eigenvalue weighted by Gasteiger charge is -2.34. The number of hydrogen-bond acceptors (Lipinski definition) is 7. The third-order valence-electron chi connectivity index (χ3n) is 4.79. The van der Waals surface area contributed by atoms with Crippen LogP contribution in [0.2, 0.25) is 0 Å². The summed E-state index contributed by atoms with van der Waals surface area (Å²) in [7, 11) is 1.54. The molecule has 0 atom stereocenters. The van der Waals surface area contributed by atoms with Crippen LogP contribution in [0.5, 0.6) is 5.88 Å². The summed E-state index contributed by atoms with van der Waals surface area (Å²) in [6.07, 6.45) is 2.46. The van der Waals surface area contributed by atoms with Crippen LogP contribution in [-0.2, 0) is 6.42 Å². The number of fused-ring (bicyclic) bond motifs is 1. The van der Waals surface area contributed by atoms with Gasteiger partial charge in [-0.25, -0.2) is 14.8 Å². The van der Waals surface area contributed by atoms with Crippen LogP contribution in [0.25, 0.3) is 10.3 Å². The van der Waals surface area contributed by atoms with Gasteiger partial charge in [0.1, 0.15) is 6.33 Å². The molecule has 8 nitrogen and oxygen atoms in total. The summed E-state index contributed by atoms with van der Waals surface area (Å²) in [6, 6.07) is 10.4. The van der Waals surface area contributed by atoms with Crippen LogP contribution in [0.4, 0.5) is 9.93 Å². The van der Waals surface area contributed by atoms with Crippen molar-refractivity contribution >= 4 is 32.8 Å². The first kappa shape index (κ1) is 18.6. The van der Waals surface area contributed by atoms with Crippen LogP contribution in [0.1, 0.15) is 5.56 Å². The first-order chi connectivity index (χ1) is 13.7. The molecule has 0 spiro atoms. The average molecular weight is 398 g/mol. The van der Waals surface area contributed by atoms with Crippen LogP contribution in [-0.4, -0.2) is 70.6 Å². The van der Waals surface area contributed by atoms with Gasteiger partial charge >= 0.3 is 6.03 Å². The molecule has 0 unspecified atom stereocenters. The highest BCUT2D eigenvalue weighted by Gasteiger charge is 2.22. The van der Waals surface area contributed by atoms with Crippen molar-refractivity contribution in [2.75, 3.05) is 45.2 Å². The largest absolute Gasteiger partial charge is 0.479 e. The molecule has 0 saturated carbocycles. The van der Waals surface area contributed by atoms with E-state index in [2.05, 4.69) is 49.4 Å². The molecule has 1 aliphatic rings. The minimum Gasteiger partial charge on any atom is -0.479 e. The number of hydrogen-bond donors (Lipinski definition) is 1. The molecule has 1 aliphatic heterocycles. The number of anilines is 1. The maximum atomic E-state index is 12.6. The van der Waals surface area contributed by atoms with Crippen molar-refractivity contribution in [1.82, 2.24) is 24.8 Å². The van der Waals surface area contributed by atoms with Crippen molar-refractivity contribution in [3.05, 3.63) is 42.2 Å². The van der Waals surface area contributed by atoms with E-state index in [-0.39, 0.29) is 6.03 Å². The van der Waals surface area contributed by atoms with E-state index in [0.717, 1.165) is 26.1 Å². The number of aromatic nitrogens is 3. The quantitative estimate of drug-likeness (QED) is 0.711. The number of rotatable bonds is 5. The number of benzene rings is 1. The van der Waals surface area contributed by atoms with Crippen LogP contribution in [0.15, 0.2) is 36.7 Å². The number of amides is 2. The van der Waals surface area contributed by atoms with Crippen molar-refractivity contribution in [2.45, 2.75) is 6.42 Å². The summed E-state index contributed by atoms with van der Waals surface area (Å²) in [6.45, 7) is 4.16. The molecule has 3 aromatic rings. The molecular weight excluding hydrogens is 376 g/mol. The standard InChI is InChI=1S/C19H22N6O2S/c1-27-16-15-17(21-13-20-16)28-18(22-15)23-19(26)25-11-9-24(10-12-25)8-7-14-5-3-2-4-6-14/h2-6,13H,7-12H2,1H3,(H,22,23,26). The van der Waals surface area contributed by atoms with Gasteiger partial charge in [-0.15, -0.1) is 0 Å². The Hall–Kier alpha value is -2.78. The Balaban J connectivity index is 1.29. The van der Waals surface area contributed by atoms with E-state index in [9.17, 15) is 4.79 Å². The Morgan fingerprint density at radius 1 is 1.18 bits per heavy atom. The maximum Gasteiger partial charge on any atom is 0.323 e. The highest BCUT2D eigenvalue weighted by atomic mass is 32.1. The minimum atomic E-state index is -0.131. The first-order valence-electron chi connectivity index (χ1n) is 9.20. The van der Waals surface area contributed by atoms with E-state index < -0.39 is 0 Å². The predicted octanol–water partition coefficient (Wildman–Crippen LogP) is 2.49. The second-order valence-electron chi connectivity index (χ2n) is 6.55. The van der Waals surface area contributed by atoms with Gasteiger partial charge in [-0.1, -0.05) is 41.7 Å². The summed E-state index contributed by atoms with van der Waals surface area (Å²) in [5, 5.41) is 3.38. The zero-order chi connectivity index (χ0) is 19.3. The van der Waals surface area contributed by atoms with Gasteiger partial charge in [-0.3, -0.25) is 10.2 Å². The van der Waals surface area contributed by atoms with Gasteiger partial charge in [-0.2, -0.15) is 4.98 Å². The first-order valence-corrected chi connectivity index (χ1v) is 10.0. The molecule has 1 fully saturated rings. The normalized spacial score (nSPS) is 15.0. The van der Waals surface area contributed by atoms with Gasteiger partial charge in [0.25, 0.3) is 0 Å². The molecule has 2 aromatic heterocycles. The second-order valence-corrected chi connectivity index (χ2v) is 7.53. The molecule has 0 aliphatic carbocycles. The third-order valence-corrected chi connectivity index (χ3v) is 5.67. The fourth-order valence-electron chi connectivity index (χ4n) is 3.21. The van der Waals surface area contributed by atoms with Gasteiger partial charge in [0.05, 0.1) is 7.11 Å². The van der Waals surface area contributed by atoms with Crippen molar-refractivity contribution < 1.29 is 9.53 Å². The number of nitrogens with zero attached hydrogens (tertiary/aromatic N) is 5. The van der Waals surface area contributed by atoms with E-state index >= 15 is 0 Å². The van der Waals surface area contributed by atoms with Crippen molar-refractivity contribution in [3.8, 4) is 5.88 Å². The van der Waals surface area contributed by atoms with E-state index in [1.807, 2.05) is 11.0 Å². The molecule has 3 heterocycles. The highest BCUT2D eigenvalue weighted by molar-refractivity contribution is 7.22. The molecule has 0 bridgehead atoms. The fourth-order valence-corrected chi connectivity index (χ4v) is 4.00. The Labute approximate surface area is 167 Å². The Morgan fingerprint density at radius 2 is 1.96 bits per heavy atom. The lowest BCUT2D eigenvalue weighted by Crippen LogP contribution is -2.50. The zero-order valence-corrected chi connectivity index (χ0v) is 16.5. The number of piperazine rings is 1. The number of carbonyl (C=O) groups excluding carboxylic acids is 1. The Bertz CT molecular complexity index is 940. The second kappa shape index (κ2) is 8.49. The molecule has 4 rings (SSSR count). The molecule has 146 valence electrons. The van der Waals surface area contributed by atoms with Crippen LogP contribution >= 0.6 is 11.3 Å². The number of carbonyl (C=O) groups is 1. The number of nitrogens with one attached hydrogen (secondary N) is 1. The molecular formula is C19H22N6O2S. The zero-order valence-electron chi connectivity index (χ0n) is 15.7. The molecule has 28 heavy (non-hydrogen) atoms. The molecule has 9 heteroatoms. The Kier molecular flexibility index (Phi) is 5.63. The molecule has 1 aromatic carbocycles. The minimum absolute atomic E-state index is 0.131. The Morgan fingerprint density at radius 3 is 2.71 bits per heavy atom. The van der Waals surface area contributed by atoms with E-state index in [4.69, 9.17) is 4.74 Å². The van der Waals surface area contributed by atoms with Gasteiger partial charge in [-0.05, 0) is 12.0 Å². The lowest BCUT2D eigenvalue weighted by molar-refractivity contribution is 0.148. The summed E-state index contributed by atoms with van der Waals surface area (Å²) in [5.74, 6) is 0.411. The van der Waals surface area contributed by atoms with Gasteiger partial charge < -0.3 is 9.64 Å². The SMILES string of the molecule is COc1ncnc2sc(NC(=O)N3CCN(CCc4ccccc4)CC3)nc12. The number of ether oxygens (including phenoxy) is 1. The maximum absolute atomic E-state index is 12.6. The van der Waals surface area contributed by atoms with E-state index in [1.54, 1.807) is 0 Å². The summed E-state index contributed by atoms with van der Waals surface area (Å²) < 4.78 is 5.19. The summed E-state index contributed by atoms with van der Waals surface area (Å²) in [4.78, 5) is 30.1. The van der Waals surface area contributed by atoms with Crippen LogP contribution < -0.4 is 10.1 Å². The number of urea groups is 1. The molecule has 0 radical (unpaired) electrons. The van der Waals surface area contributed by atoms with Gasteiger partial charge in [0, 0.05) is 32.7 Å². The molecule has 2 amide bonds. The van der Waals surface area contributed by atoms with Gasteiger partial charge in [0.2, 0.25) is 5.88 Å². The van der Waals surface area contributed by atoms with Crippen molar-refractivity contribution in [1.29, 1.82) is 0 Å². The summed E-state index contributed by atoms with van der Waals surface area (Å²) in [5.41, 5.74) is 1.91. The predicted molar refractivity (Wildman–Crippen MR) is 109 cm³/mol. The van der Waals surface area contributed by atoms with Crippen molar-refractivity contribution in [2.24, 2.45) is 0 Å². The van der Waals surface area contributed by atoms with E-state index in [1.165, 1.54) is 30.3 Å². The van der Waals surface area contributed by atoms with Gasteiger partial charge in [0.15, 0.2) is 15.5 Å². The van der Waals surface area contributed by atoms with Crippen LogP contribution in [0, 0.1) is 0 Å². The molecule has 1 N–H and O–H groups in total. The average Bonchev–Trinajstić information content (AvgIpc) is 3.15. The molecule has 1 saturated heterocycles. The topological polar surface area (TPSA) is 83.5 Å². The smallest absolute Gasteiger partial charge is 0.323 e. The van der Waals surface area contributed by atoms with Crippen molar-refractivity contribution in [3.63, 3.8) is 0 Å². The third kappa shape index (κ3) is 4.20. The highest BCUT2D eigenvalue weighted by Crippen LogP contribution is 2.28. The summed E-state index contributed by atoms with van der Waals surface area (Å²) >= 11 is 1.31. The monoisotopic (exact) mass is 398 g/mol. The lowest BCUT2D eigenvalue weighted by atomic mass is 10.1. The number of thiazole rings is 1. The van der Waals surface area contributed by atoms with E-state index in [0.29, 0.717) is 34.4 Å². The number of methoxy groups -OCH3 is 1. The van der Waals surface area contributed by atoms with Crippen LogP contribution in [0.3, 0.4) is 0 Å².